The first-order valence-corrected chi connectivity index (χ1v) is 35.0. The van der Waals surface area contributed by atoms with Crippen LogP contribution in [-0.2, 0) is 66.5 Å². The molecular formula is C70H104O32. The van der Waals surface area contributed by atoms with E-state index in [1.165, 1.54) is 48.2 Å². The quantitative estimate of drug-likeness (QED) is 0.0303. The average Bonchev–Trinajstić information content (AvgIpc) is 0.783. The maximum atomic E-state index is 16.1. The van der Waals surface area contributed by atoms with Gasteiger partial charge >= 0.3 is 17.9 Å². The van der Waals surface area contributed by atoms with Crippen molar-refractivity contribution in [1.82, 2.24) is 0 Å². The van der Waals surface area contributed by atoms with Crippen LogP contribution < -0.4 is 14.2 Å². The number of fused-ring (bicyclic) bond motifs is 7. The summed E-state index contributed by atoms with van der Waals surface area (Å²) in [6.07, 6.45) is -32.8. The van der Waals surface area contributed by atoms with Crippen LogP contribution in [0, 0.1) is 50.2 Å². The molecule has 32 heteroatoms. The molecule has 32 nitrogen and oxygen atoms in total. The van der Waals surface area contributed by atoms with Crippen molar-refractivity contribution < 1.29 is 157 Å². The van der Waals surface area contributed by atoms with Crippen molar-refractivity contribution in [2.75, 3.05) is 54.4 Å². The van der Waals surface area contributed by atoms with Gasteiger partial charge < -0.3 is 143 Å². The van der Waals surface area contributed by atoms with Crippen molar-refractivity contribution in [3.63, 3.8) is 0 Å². The number of hydrogen-bond donors (Lipinski definition) is 15. The number of esters is 2. The van der Waals surface area contributed by atoms with Crippen molar-refractivity contribution in [3.05, 3.63) is 35.4 Å². The fraction of sp³-hybridized carbons (Fsp3) is 0.814. The van der Waals surface area contributed by atoms with Crippen LogP contribution in [0.25, 0.3) is 6.08 Å². The van der Waals surface area contributed by atoms with Gasteiger partial charge in [-0.05, 0) is 136 Å². The summed E-state index contributed by atoms with van der Waals surface area (Å²) >= 11 is 0. The molecule has 11 rings (SSSR count). The van der Waals surface area contributed by atoms with E-state index in [0.717, 1.165) is 11.6 Å². The zero-order valence-corrected chi connectivity index (χ0v) is 58.9. The number of carbonyl (C=O) groups excluding carboxylic acids is 2. The molecule has 10 aliphatic rings. The lowest BCUT2D eigenvalue weighted by Gasteiger charge is -2.71. The van der Waals surface area contributed by atoms with Gasteiger partial charge in [0.1, 0.15) is 85.0 Å². The standard InChI is InChI=1S/C70H104O32/c1-30-50(97-42(76)14-11-32-21-37(89-8)52(91-10)38(22-32)90-9)48(82)54(100-59-49(83)53(99-61-55(84)70(88,28-73)29-93-61)51(31(2)94-59)98-57-46(80)43(77)36(75)26-92-57)60(95-30)102-63(87)68-18-17-64(3,4)23-34(68)33-12-13-40-65(5)24-35(74)56(101-58-47(81)45(79)44(78)39(25-71)96-58)67(7,62(85)86)41(65)15-16-66(40,6)69(33,27-72)20-19-68/h11-12,14,21-22,30-31,34-36,39-41,43-51,53-61,71-75,77-84,88H,13,15-20,23-29H2,1-10H3,(H,85,86). The molecule has 0 radical (unpaired) electrons. The molecule has 1 aromatic rings. The second kappa shape index (κ2) is 29.6. The van der Waals surface area contributed by atoms with Crippen molar-refractivity contribution in [2.45, 2.75) is 253 Å². The van der Waals surface area contributed by atoms with Crippen molar-refractivity contribution >= 4 is 24.0 Å². The van der Waals surface area contributed by atoms with Crippen molar-refractivity contribution in [3.8, 4) is 17.2 Å². The minimum atomic E-state index is -2.25. The number of benzene rings is 1. The van der Waals surface area contributed by atoms with Gasteiger partial charge in [-0.25, -0.2) is 4.79 Å². The van der Waals surface area contributed by atoms with E-state index in [0.29, 0.717) is 31.2 Å². The summed E-state index contributed by atoms with van der Waals surface area (Å²) in [5.41, 5.74) is -7.50. The van der Waals surface area contributed by atoms with Crippen LogP contribution in [0.2, 0.25) is 0 Å². The number of aliphatic hydroxyl groups excluding tert-OH is 13. The Labute approximate surface area is 589 Å². The lowest BCUT2D eigenvalue weighted by Crippen LogP contribution is -2.71. The lowest BCUT2D eigenvalue weighted by molar-refractivity contribution is -0.384. The normalized spacial score (nSPS) is 47.7. The molecule has 0 bridgehead atoms. The van der Waals surface area contributed by atoms with E-state index in [9.17, 15) is 86.2 Å². The summed E-state index contributed by atoms with van der Waals surface area (Å²) < 4.78 is 83.7. The third-order valence-corrected chi connectivity index (χ3v) is 25.1. The highest BCUT2D eigenvalue weighted by molar-refractivity contribution is 5.87. The van der Waals surface area contributed by atoms with Gasteiger partial charge in [-0.3, -0.25) is 9.59 Å². The molecule has 0 aromatic heterocycles. The topological polar surface area (TPSA) is 484 Å². The molecule has 5 saturated heterocycles. The molecule has 32 unspecified atom stereocenters. The number of allylic oxidation sites excluding steroid dienone is 1. The first-order chi connectivity index (χ1) is 48.0. The Morgan fingerprint density at radius 3 is 1.86 bits per heavy atom. The number of carboxylic acid groups (broad SMARTS) is 1. The zero-order chi connectivity index (χ0) is 74.5. The predicted molar refractivity (Wildman–Crippen MR) is 344 cm³/mol. The van der Waals surface area contributed by atoms with E-state index in [1.54, 1.807) is 12.1 Å². The highest BCUT2D eigenvalue weighted by atomic mass is 16.8. The lowest BCUT2D eigenvalue weighted by atomic mass is 9.33. The molecule has 102 heavy (non-hydrogen) atoms. The highest BCUT2D eigenvalue weighted by Gasteiger charge is 2.74. The number of aliphatic carboxylic acids is 1. The van der Waals surface area contributed by atoms with Crippen LogP contribution in [0.4, 0.5) is 0 Å². The first-order valence-electron chi connectivity index (χ1n) is 35.0. The Morgan fingerprint density at radius 1 is 0.608 bits per heavy atom. The molecule has 15 N–H and O–H groups in total. The third kappa shape index (κ3) is 13.3. The number of ether oxygens (including phenoxy) is 14. The maximum Gasteiger partial charge on any atom is 0.331 e. The molecule has 5 aliphatic heterocycles. The Hall–Kier alpha value is -4.41. The monoisotopic (exact) mass is 1460 g/mol. The van der Waals surface area contributed by atoms with Gasteiger partial charge in [-0.2, -0.15) is 0 Å². The predicted octanol–water partition coefficient (Wildman–Crippen LogP) is -1.58. The van der Waals surface area contributed by atoms with Crippen LogP contribution in [0.15, 0.2) is 29.9 Å². The van der Waals surface area contributed by atoms with Crippen molar-refractivity contribution in [2.24, 2.45) is 50.2 Å². The largest absolute Gasteiger partial charge is 0.493 e. The van der Waals surface area contributed by atoms with Gasteiger partial charge in [0.25, 0.3) is 0 Å². The summed E-state index contributed by atoms with van der Waals surface area (Å²) in [6, 6.07) is 3.13. The summed E-state index contributed by atoms with van der Waals surface area (Å²) in [6.45, 7) is 9.25. The Balaban J connectivity index is 0.913. The van der Waals surface area contributed by atoms with Gasteiger partial charge in [0.05, 0.1) is 83.5 Å². The third-order valence-electron chi connectivity index (χ3n) is 25.1. The molecule has 0 spiro atoms. The van der Waals surface area contributed by atoms with Gasteiger partial charge in [-0.1, -0.05) is 39.3 Å². The van der Waals surface area contributed by atoms with Gasteiger partial charge in [-0.15, -0.1) is 0 Å². The number of hydrogen-bond acceptors (Lipinski definition) is 31. The number of carboxylic acids is 1. The van der Waals surface area contributed by atoms with E-state index >= 15 is 4.79 Å². The summed E-state index contributed by atoms with van der Waals surface area (Å²) in [5, 5.41) is 168. The average molecular weight is 1460 g/mol. The van der Waals surface area contributed by atoms with Gasteiger partial charge in [0.2, 0.25) is 12.0 Å². The smallest absolute Gasteiger partial charge is 0.331 e. The zero-order valence-electron chi connectivity index (χ0n) is 58.9. The molecule has 1 aromatic carbocycles. The molecule has 9 fully saturated rings. The number of carbonyl (C=O) groups is 3. The first kappa shape index (κ1) is 78.7. The second-order valence-corrected chi connectivity index (χ2v) is 31.3. The van der Waals surface area contributed by atoms with E-state index in [4.69, 9.17) is 66.3 Å². The molecule has 5 heterocycles. The Kier molecular flexibility index (Phi) is 22.8. The SMILES string of the molecule is COc1cc(C=CC(=O)OC2C(C)OC(OC(=O)C34CCC(C)(C)CC3C3=CCC5C6(C)CC(O)C(OC7OC(CO)C(O)C(O)C7O)C(C)(C(=O)O)C6CCC5(C)C3(CO)CC4)C(OC3OC(C)C(OC4OCC(O)C(O)C4O)C(OC4OCC(O)(CO)C4O)C3O)C2O)cc(OC)c1OC. The molecular weight excluding hydrogens is 1350 g/mol. The summed E-state index contributed by atoms with van der Waals surface area (Å²) in [5.74, 6) is -4.00. The van der Waals surface area contributed by atoms with Crippen LogP contribution in [0.1, 0.15) is 112 Å². The van der Waals surface area contributed by atoms with Gasteiger partial charge in [0.15, 0.2) is 48.9 Å². The van der Waals surface area contributed by atoms with E-state index in [-0.39, 0.29) is 56.0 Å². The molecule has 5 aliphatic carbocycles. The maximum absolute atomic E-state index is 16.1. The molecule has 32 atom stereocenters. The van der Waals surface area contributed by atoms with Gasteiger partial charge in [0, 0.05) is 11.5 Å². The fourth-order valence-corrected chi connectivity index (χ4v) is 19.2. The van der Waals surface area contributed by atoms with E-state index in [1.807, 2.05) is 6.92 Å². The number of methoxy groups -OCH3 is 3. The molecule has 0 amide bonds. The molecule has 576 valence electrons. The summed E-state index contributed by atoms with van der Waals surface area (Å²) in [4.78, 5) is 44.0. The van der Waals surface area contributed by atoms with E-state index < -0.39 is 242 Å². The van der Waals surface area contributed by atoms with Crippen LogP contribution >= 0.6 is 0 Å². The summed E-state index contributed by atoms with van der Waals surface area (Å²) in [7, 11) is 4.25. The van der Waals surface area contributed by atoms with Crippen LogP contribution in [0.5, 0.6) is 17.2 Å². The van der Waals surface area contributed by atoms with E-state index in [2.05, 4.69) is 26.8 Å². The Bertz CT molecular complexity index is 3200. The van der Waals surface area contributed by atoms with Crippen molar-refractivity contribution in [1.29, 1.82) is 0 Å². The van der Waals surface area contributed by atoms with Crippen LogP contribution in [0.3, 0.4) is 0 Å². The highest BCUT2D eigenvalue weighted by Crippen LogP contribution is 2.76. The van der Waals surface area contributed by atoms with Crippen LogP contribution in [-0.4, -0.2) is 296 Å². The second-order valence-electron chi connectivity index (χ2n) is 31.3. The number of aliphatic hydroxyl groups is 14. The number of rotatable bonds is 20. The fourth-order valence-electron chi connectivity index (χ4n) is 19.2. The molecule has 4 saturated carbocycles. The Morgan fingerprint density at radius 2 is 1.24 bits per heavy atom. The minimum absolute atomic E-state index is 0.00577. The minimum Gasteiger partial charge on any atom is -0.493 e.